The van der Waals surface area contributed by atoms with Crippen molar-refractivity contribution in [2.45, 2.75) is 52.6 Å². The molecule has 1 N–H and O–H groups in total. The molecule has 0 saturated carbocycles. The van der Waals surface area contributed by atoms with Crippen molar-refractivity contribution in [1.29, 1.82) is 0 Å². The zero-order valence-corrected chi connectivity index (χ0v) is 13.3. The lowest BCUT2D eigenvalue weighted by atomic mass is 9.98. The Kier molecular flexibility index (Phi) is 6.69. The number of rotatable bonds is 6. The number of hydrogen-bond acceptors (Lipinski definition) is 3. The third kappa shape index (κ3) is 4.41. The number of hydrogen-bond donors (Lipinski definition) is 1. The lowest BCUT2D eigenvalue weighted by Crippen LogP contribution is -2.51. The molecule has 3 atom stereocenters. The van der Waals surface area contributed by atoms with Crippen LogP contribution in [-0.2, 0) is 9.59 Å². The lowest BCUT2D eigenvalue weighted by Gasteiger charge is -2.31. The van der Waals surface area contributed by atoms with Gasteiger partial charge >= 0.3 is 0 Å². The summed E-state index contributed by atoms with van der Waals surface area (Å²) in [6.45, 7) is 8.81. The Morgan fingerprint density at radius 1 is 1.37 bits per heavy atom. The first-order valence-corrected chi connectivity index (χ1v) is 8.34. The van der Waals surface area contributed by atoms with Crippen LogP contribution in [0.15, 0.2) is 0 Å². The van der Waals surface area contributed by atoms with Crippen LogP contribution in [-0.4, -0.2) is 46.8 Å². The van der Waals surface area contributed by atoms with Crippen LogP contribution < -0.4 is 5.32 Å². The van der Waals surface area contributed by atoms with Crippen LogP contribution in [0, 0.1) is 5.92 Å². The van der Waals surface area contributed by atoms with Gasteiger partial charge in [0.05, 0.1) is 0 Å². The number of carbonyl (C=O) groups is 2. The molecule has 0 aliphatic carbocycles. The summed E-state index contributed by atoms with van der Waals surface area (Å²) in [6, 6.07) is -0.161. The van der Waals surface area contributed by atoms with E-state index in [1.54, 1.807) is 0 Å². The van der Waals surface area contributed by atoms with E-state index in [0.717, 1.165) is 17.9 Å². The van der Waals surface area contributed by atoms with E-state index in [2.05, 4.69) is 26.1 Å². The molecule has 0 radical (unpaired) electrons. The Balaban J connectivity index is 2.80. The van der Waals surface area contributed by atoms with Crippen LogP contribution in [0.2, 0.25) is 0 Å². The standard InChI is InChI=1S/C14H26N2O2S/c1-5-10(3)13-14(18)16(8-7-12(17)15-13)11(4)9-19-6-2/h10-11,13H,5-9H2,1-4H3,(H,15,17). The van der Waals surface area contributed by atoms with Gasteiger partial charge < -0.3 is 10.2 Å². The van der Waals surface area contributed by atoms with Gasteiger partial charge in [-0.1, -0.05) is 27.2 Å². The van der Waals surface area contributed by atoms with Crippen molar-refractivity contribution >= 4 is 23.6 Å². The minimum absolute atomic E-state index is 0.00325. The Morgan fingerprint density at radius 3 is 2.63 bits per heavy atom. The van der Waals surface area contributed by atoms with E-state index >= 15 is 0 Å². The van der Waals surface area contributed by atoms with E-state index in [4.69, 9.17) is 0 Å². The van der Waals surface area contributed by atoms with Crippen molar-refractivity contribution in [3.05, 3.63) is 0 Å². The highest BCUT2D eigenvalue weighted by atomic mass is 32.2. The molecule has 1 saturated heterocycles. The molecule has 2 amide bonds. The Hall–Kier alpha value is -0.710. The number of nitrogens with one attached hydrogen (secondary N) is 1. The maximum absolute atomic E-state index is 12.6. The second-order valence-electron chi connectivity index (χ2n) is 5.22. The molecular weight excluding hydrogens is 260 g/mol. The number of carbonyl (C=O) groups excluding carboxylic acids is 2. The summed E-state index contributed by atoms with van der Waals surface area (Å²) in [5.41, 5.74) is 0. The van der Waals surface area contributed by atoms with Gasteiger partial charge in [-0.25, -0.2) is 0 Å². The zero-order chi connectivity index (χ0) is 14.4. The molecule has 19 heavy (non-hydrogen) atoms. The van der Waals surface area contributed by atoms with Crippen molar-refractivity contribution in [3.63, 3.8) is 0 Å². The molecule has 0 aromatic rings. The van der Waals surface area contributed by atoms with Crippen molar-refractivity contribution in [1.82, 2.24) is 10.2 Å². The first-order valence-electron chi connectivity index (χ1n) is 7.18. The number of nitrogens with zero attached hydrogens (tertiary/aromatic N) is 1. The van der Waals surface area contributed by atoms with E-state index in [-0.39, 0.29) is 29.8 Å². The summed E-state index contributed by atoms with van der Waals surface area (Å²) in [5, 5.41) is 2.88. The van der Waals surface area contributed by atoms with Crippen LogP contribution in [0.3, 0.4) is 0 Å². The first-order chi connectivity index (χ1) is 9.01. The van der Waals surface area contributed by atoms with E-state index < -0.39 is 0 Å². The zero-order valence-electron chi connectivity index (χ0n) is 12.4. The third-order valence-corrected chi connectivity index (χ3v) is 4.88. The first kappa shape index (κ1) is 16.3. The van der Waals surface area contributed by atoms with E-state index in [1.165, 1.54) is 0 Å². The molecule has 5 heteroatoms. The summed E-state index contributed by atoms with van der Waals surface area (Å²) in [7, 11) is 0. The van der Waals surface area contributed by atoms with E-state index in [9.17, 15) is 9.59 Å². The maximum atomic E-state index is 12.6. The minimum atomic E-state index is -0.353. The normalized spacial score (nSPS) is 23.8. The van der Waals surface area contributed by atoms with Gasteiger partial charge in [0, 0.05) is 24.8 Å². The van der Waals surface area contributed by atoms with Gasteiger partial charge in [0.15, 0.2) is 0 Å². The van der Waals surface area contributed by atoms with Crippen LogP contribution >= 0.6 is 11.8 Å². The van der Waals surface area contributed by atoms with Gasteiger partial charge in [-0.15, -0.1) is 0 Å². The predicted octanol–water partition coefficient (Wildman–Crippen LogP) is 1.89. The predicted molar refractivity (Wildman–Crippen MR) is 80.2 cm³/mol. The molecule has 110 valence electrons. The molecular formula is C14H26N2O2S. The van der Waals surface area contributed by atoms with Crippen molar-refractivity contribution in [2.75, 3.05) is 18.1 Å². The fourth-order valence-corrected chi connectivity index (χ4v) is 3.01. The van der Waals surface area contributed by atoms with E-state index in [0.29, 0.717) is 13.0 Å². The molecule has 1 aliphatic rings. The summed E-state index contributed by atoms with van der Waals surface area (Å²) >= 11 is 1.84. The molecule has 1 aliphatic heterocycles. The minimum Gasteiger partial charge on any atom is -0.344 e. The average molecular weight is 286 g/mol. The molecule has 1 fully saturated rings. The quantitative estimate of drug-likeness (QED) is 0.811. The third-order valence-electron chi connectivity index (χ3n) is 3.75. The summed E-state index contributed by atoms with van der Waals surface area (Å²) in [4.78, 5) is 26.2. The topological polar surface area (TPSA) is 49.4 Å². The summed E-state index contributed by atoms with van der Waals surface area (Å²) in [6.07, 6.45) is 1.31. The van der Waals surface area contributed by atoms with E-state index in [1.807, 2.05) is 23.6 Å². The second kappa shape index (κ2) is 7.78. The largest absolute Gasteiger partial charge is 0.344 e. The SMILES string of the molecule is CCSCC(C)N1CCC(=O)NC(C(C)CC)C1=O. The van der Waals surface area contributed by atoms with Crippen LogP contribution in [0.4, 0.5) is 0 Å². The Bertz CT molecular complexity index is 323. The van der Waals surface area contributed by atoms with Crippen LogP contribution in [0.25, 0.3) is 0 Å². The maximum Gasteiger partial charge on any atom is 0.245 e. The summed E-state index contributed by atoms with van der Waals surface area (Å²) in [5.74, 6) is 2.26. The van der Waals surface area contributed by atoms with Crippen molar-refractivity contribution in [3.8, 4) is 0 Å². The van der Waals surface area contributed by atoms with Gasteiger partial charge in [0.25, 0.3) is 0 Å². The monoisotopic (exact) mass is 286 g/mol. The highest BCUT2D eigenvalue weighted by Gasteiger charge is 2.34. The molecule has 0 aromatic carbocycles. The highest BCUT2D eigenvalue weighted by molar-refractivity contribution is 7.99. The average Bonchev–Trinajstić information content (AvgIpc) is 2.55. The van der Waals surface area contributed by atoms with Gasteiger partial charge in [0.2, 0.25) is 11.8 Å². The molecule has 4 nitrogen and oxygen atoms in total. The highest BCUT2D eigenvalue weighted by Crippen LogP contribution is 2.18. The number of amides is 2. The molecule has 0 bridgehead atoms. The van der Waals surface area contributed by atoms with Crippen molar-refractivity contribution < 1.29 is 9.59 Å². The van der Waals surface area contributed by atoms with Gasteiger partial charge in [-0.05, 0) is 18.6 Å². The fourth-order valence-electron chi connectivity index (χ4n) is 2.26. The molecule has 0 spiro atoms. The molecule has 0 aromatic heterocycles. The van der Waals surface area contributed by atoms with Crippen molar-refractivity contribution in [2.24, 2.45) is 5.92 Å². The number of thioether (sulfide) groups is 1. The fraction of sp³-hybridized carbons (Fsp3) is 0.857. The Labute approximate surface area is 120 Å². The van der Waals surface area contributed by atoms with Gasteiger partial charge in [-0.3, -0.25) is 9.59 Å². The molecule has 3 unspecified atom stereocenters. The van der Waals surface area contributed by atoms with Crippen LogP contribution in [0.1, 0.15) is 40.5 Å². The lowest BCUT2D eigenvalue weighted by molar-refractivity contribution is -0.136. The smallest absolute Gasteiger partial charge is 0.245 e. The molecule has 1 heterocycles. The Morgan fingerprint density at radius 2 is 2.05 bits per heavy atom. The second-order valence-corrected chi connectivity index (χ2v) is 6.54. The van der Waals surface area contributed by atoms with Gasteiger partial charge in [-0.2, -0.15) is 11.8 Å². The summed E-state index contributed by atoms with van der Waals surface area (Å²) < 4.78 is 0. The molecule has 1 rings (SSSR count). The van der Waals surface area contributed by atoms with Crippen LogP contribution in [0.5, 0.6) is 0 Å². The van der Waals surface area contributed by atoms with Gasteiger partial charge in [0.1, 0.15) is 6.04 Å².